The summed E-state index contributed by atoms with van der Waals surface area (Å²) in [5.41, 5.74) is 2.40. The van der Waals surface area contributed by atoms with Crippen molar-refractivity contribution >= 4 is 53.1 Å². The van der Waals surface area contributed by atoms with E-state index in [1.54, 1.807) is 18.2 Å². The van der Waals surface area contributed by atoms with Gasteiger partial charge in [0.15, 0.2) is 5.96 Å². The fraction of sp³-hybridized carbons (Fsp3) is 0.300. The molecule has 1 amide bonds. The van der Waals surface area contributed by atoms with E-state index in [1.807, 2.05) is 26.0 Å². The summed E-state index contributed by atoms with van der Waals surface area (Å²) in [6, 6.07) is 11.8. The highest BCUT2D eigenvalue weighted by molar-refractivity contribution is 14.0. The molecule has 0 fully saturated rings. The lowest BCUT2D eigenvalue weighted by Gasteiger charge is -2.12. The molecule has 0 aliphatic heterocycles. The summed E-state index contributed by atoms with van der Waals surface area (Å²) < 4.78 is 13.2. The molecule has 2 rings (SSSR count). The lowest BCUT2D eigenvalue weighted by atomic mass is 10.2. The highest BCUT2D eigenvalue weighted by Crippen LogP contribution is 2.22. The van der Waals surface area contributed by atoms with Crippen molar-refractivity contribution in [3.05, 3.63) is 64.4 Å². The number of aliphatic imine (C=N–C) groups is 1. The number of amides is 1. The van der Waals surface area contributed by atoms with E-state index in [0.717, 1.165) is 11.1 Å². The number of guanidine groups is 1. The molecule has 0 saturated carbocycles. The molecule has 2 aromatic carbocycles. The first kappa shape index (κ1) is 24.2. The van der Waals surface area contributed by atoms with Gasteiger partial charge in [-0.2, -0.15) is 0 Å². The van der Waals surface area contributed by atoms with Crippen LogP contribution >= 0.6 is 35.6 Å². The van der Waals surface area contributed by atoms with E-state index < -0.39 is 0 Å². The Morgan fingerprint density at radius 2 is 1.96 bits per heavy atom. The average molecular weight is 519 g/mol. The zero-order valence-electron chi connectivity index (χ0n) is 15.9. The van der Waals surface area contributed by atoms with Crippen molar-refractivity contribution in [3.8, 4) is 0 Å². The molecule has 0 radical (unpaired) electrons. The Balaban J connectivity index is 0.00000392. The number of carbonyl (C=O) groups excluding carboxylic acids is 1. The molecular weight excluding hydrogens is 494 g/mol. The number of carbonyl (C=O) groups is 1. The minimum atomic E-state index is -0.285. The lowest BCUT2D eigenvalue weighted by Crippen LogP contribution is -2.38. The Hall–Kier alpha value is -1.87. The van der Waals surface area contributed by atoms with Crippen LogP contribution in [0.1, 0.15) is 24.5 Å². The van der Waals surface area contributed by atoms with Crippen LogP contribution in [0.4, 0.5) is 10.1 Å². The van der Waals surface area contributed by atoms with Gasteiger partial charge in [-0.25, -0.2) is 9.38 Å². The quantitative estimate of drug-likeness (QED) is 0.288. The number of halogens is 3. The van der Waals surface area contributed by atoms with Gasteiger partial charge in [0.2, 0.25) is 5.91 Å². The number of nitrogens with zero attached hydrogens (tertiary/aromatic N) is 1. The Labute approximate surface area is 187 Å². The van der Waals surface area contributed by atoms with Crippen LogP contribution in [-0.2, 0) is 11.3 Å². The van der Waals surface area contributed by atoms with Crippen LogP contribution in [-0.4, -0.2) is 25.0 Å². The molecule has 0 atom stereocenters. The molecule has 2 aromatic rings. The molecule has 0 bridgehead atoms. The maximum atomic E-state index is 13.2. The van der Waals surface area contributed by atoms with Crippen molar-refractivity contribution < 1.29 is 9.18 Å². The topological polar surface area (TPSA) is 65.5 Å². The average Bonchev–Trinajstić information content (AvgIpc) is 2.62. The third-order valence-electron chi connectivity index (χ3n) is 3.70. The summed E-state index contributed by atoms with van der Waals surface area (Å²) in [7, 11) is 0. The van der Waals surface area contributed by atoms with Crippen LogP contribution in [0.15, 0.2) is 47.5 Å². The van der Waals surface area contributed by atoms with Crippen molar-refractivity contribution in [3.63, 3.8) is 0 Å². The van der Waals surface area contributed by atoms with Gasteiger partial charge in [0.25, 0.3) is 0 Å². The number of anilines is 1. The summed E-state index contributed by atoms with van der Waals surface area (Å²) >= 11 is 6.12. The Morgan fingerprint density at radius 1 is 1.18 bits per heavy atom. The van der Waals surface area contributed by atoms with Crippen LogP contribution in [0.3, 0.4) is 0 Å². The second-order valence-corrected chi connectivity index (χ2v) is 6.44. The standard InChI is InChI=1S/C20H24ClFN4O.HI/c1-3-23-20(25-13-15-5-4-6-16(22)12-15)24-10-9-19(27)26-18-8-7-14(2)11-17(18)21;/h4-8,11-12H,3,9-10,13H2,1-2H3,(H,26,27)(H2,23,24,25);1H. The monoisotopic (exact) mass is 518 g/mol. The third kappa shape index (κ3) is 8.43. The lowest BCUT2D eigenvalue weighted by molar-refractivity contribution is -0.116. The van der Waals surface area contributed by atoms with Crippen LogP contribution in [0.5, 0.6) is 0 Å². The zero-order valence-corrected chi connectivity index (χ0v) is 19.0. The molecule has 0 aliphatic rings. The van der Waals surface area contributed by atoms with Gasteiger partial charge in [-0.1, -0.05) is 29.8 Å². The normalized spacial score (nSPS) is 10.8. The van der Waals surface area contributed by atoms with E-state index in [0.29, 0.717) is 36.3 Å². The minimum Gasteiger partial charge on any atom is -0.357 e. The molecular formula is C20H25ClFIN4O. The first-order valence-electron chi connectivity index (χ1n) is 8.80. The van der Waals surface area contributed by atoms with Gasteiger partial charge in [-0.15, -0.1) is 24.0 Å². The van der Waals surface area contributed by atoms with Gasteiger partial charge < -0.3 is 16.0 Å². The van der Waals surface area contributed by atoms with E-state index in [9.17, 15) is 9.18 Å². The van der Waals surface area contributed by atoms with Crippen molar-refractivity contribution in [2.75, 3.05) is 18.4 Å². The molecule has 0 unspecified atom stereocenters. The first-order valence-corrected chi connectivity index (χ1v) is 9.18. The van der Waals surface area contributed by atoms with Crippen LogP contribution < -0.4 is 16.0 Å². The third-order valence-corrected chi connectivity index (χ3v) is 4.01. The molecule has 152 valence electrons. The van der Waals surface area contributed by atoms with E-state index in [1.165, 1.54) is 12.1 Å². The molecule has 3 N–H and O–H groups in total. The Kier molecular flexibility index (Phi) is 10.8. The molecule has 0 aliphatic carbocycles. The second kappa shape index (κ2) is 12.6. The predicted molar refractivity (Wildman–Crippen MR) is 124 cm³/mol. The minimum absolute atomic E-state index is 0. The SMILES string of the molecule is CCNC(=NCc1cccc(F)c1)NCCC(=O)Nc1ccc(C)cc1Cl.I. The van der Waals surface area contributed by atoms with Crippen molar-refractivity contribution in [1.82, 2.24) is 10.6 Å². The largest absolute Gasteiger partial charge is 0.357 e. The maximum absolute atomic E-state index is 13.2. The van der Waals surface area contributed by atoms with E-state index in [4.69, 9.17) is 11.6 Å². The number of rotatable bonds is 7. The molecule has 0 saturated heterocycles. The summed E-state index contributed by atoms with van der Waals surface area (Å²) in [6.07, 6.45) is 0.259. The van der Waals surface area contributed by atoms with Gasteiger partial charge in [0.1, 0.15) is 5.82 Å². The summed E-state index contributed by atoms with van der Waals surface area (Å²) in [6.45, 7) is 5.32. The summed E-state index contributed by atoms with van der Waals surface area (Å²) in [4.78, 5) is 16.5. The second-order valence-electron chi connectivity index (χ2n) is 6.03. The predicted octanol–water partition coefficient (Wildman–Crippen LogP) is 4.49. The van der Waals surface area contributed by atoms with Crippen molar-refractivity contribution in [1.29, 1.82) is 0 Å². The highest BCUT2D eigenvalue weighted by atomic mass is 127. The van der Waals surface area contributed by atoms with Gasteiger partial charge in [-0.05, 0) is 49.2 Å². The van der Waals surface area contributed by atoms with Gasteiger partial charge in [0.05, 0.1) is 17.3 Å². The van der Waals surface area contributed by atoms with Crippen LogP contribution in [0.2, 0.25) is 5.02 Å². The Bertz CT molecular complexity index is 817. The van der Waals surface area contributed by atoms with E-state index in [-0.39, 0.29) is 42.1 Å². The fourth-order valence-corrected chi connectivity index (χ4v) is 2.66. The number of aryl methyl sites for hydroxylation is 1. The molecule has 0 spiro atoms. The van der Waals surface area contributed by atoms with Crippen molar-refractivity contribution in [2.24, 2.45) is 4.99 Å². The van der Waals surface area contributed by atoms with E-state index in [2.05, 4.69) is 20.9 Å². The Morgan fingerprint density at radius 3 is 2.64 bits per heavy atom. The molecule has 0 heterocycles. The highest BCUT2D eigenvalue weighted by Gasteiger charge is 2.07. The van der Waals surface area contributed by atoms with Gasteiger partial charge in [-0.3, -0.25) is 4.79 Å². The summed E-state index contributed by atoms with van der Waals surface area (Å²) in [5, 5.41) is 9.51. The smallest absolute Gasteiger partial charge is 0.226 e. The number of hydrogen-bond acceptors (Lipinski definition) is 2. The zero-order chi connectivity index (χ0) is 19.6. The van der Waals surface area contributed by atoms with Crippen LogP contribution in [0, 0.1) is 12.7 Å². The molecule has 0 aromatic heterocycles. The summed E-state index contributed by atoms with van der Waals surface area (Å²) in [5.74, 6) is 0.143. The number of hydrogen-bond donors (Lipinski definition) is 3. The number of benzene rings is 2. The molecule has 28 heavy (non-hydrogen) atoms. The van der Waals surface area contributed by atoms with Crippen molar-refractivity contribution in [2.45, 2.75) is 26.8 Å². The van der Waals surface area contributed by atoms with Gasteiger partial charge >= 0.3 is 0 Å². The maximum Gasteiger partial charge on any atom is 0.226 e. The van der Waals surface area contributed by atoms with Crippen LogP contribution in [0.25, 0.3) is 0 Å². The van der Waals surface area contributed by atoms with E-state index >= 15 is 0 Å². The fourth-order valence-electron chi connectivity index (χ4n) is 2.38. The van der Waals surface area contributed by atoms with Gasteiger partial charge in [0, 0.05) is 19.5 Å². The molecule has 8 heteroatoms. The first-order chi connectivity index (χ1) is 13.0. The molecule has 5 nitrogen and oxygen atoms in total. The number of nitrogens with one attached hydrogen (secondary N) is 3.